The van der Waals surface area contributed by atoms with Gasteiger partial charge in [0.25, 0.3) is 5.91 Å². The highest BCUT2D eigenvalue weighted by Gasteiger charge is 2.16. The molecule has 0 spiro atoms. The average molecular weight is 446 g/mol. The van der Waals surface area contributed by atoms with Crippen LogP contribution in [-0.4, -0.2) is 31.0 Å². The van der Waals surface area contributed by atoms with E-state index in [1.165, 1.54) is 0 Å². The number of rotatable bonds is 10. The van der Waals surface area contributed by atoms with Crippen LogP contribution >= 0.6 is 0 Å². The van der Waals surface area contributed by atoms with Gasteiger partial charge in [0.15, 0.2) is 0 Å². The highest BCUT2D eigenvalue weighted by atomic mass is 16.5. The van der Waals surface area contributed by atoms with Crippen LogP contribution in [0.15, 0.2) is 78.9 Å². The summed E-state index contributed by atoms with van der Waals surface area (Å²) in [4.78, 5) is 27.2. The zero-order valence-electron chi connectivity index (χ0n) is 19.4. The quantitative estimate of drug-likeness (QED) is 0.427. The first kappa shape index (κ1) is 23.9. The Kier molecular flexibility index (Phi) is 8.47. The van der Waals surface area contributed by atoms with Crippen molar-refractivity contribution in [2.45, 2.75) is 33.3 Å². The van der Waals surface area contributed by atoms with Crippen molar-refractivity contribution < 1.29 is 14.3 Å². The maximum Gasteiger partial charge on any atom is 0.258 e. The van der Waals surface area contributed by atoms with Crippen LogP contribution in [0.1, 0.15) is 37.6 Å². The molecular weight excluding hydrogens is 414 g/mol. The van der Waals surface area contributed by atoms with E-state index in [0.29, 0.717) is 17.8 Å². The average Bonchev–Trinajstić information content (AvgIpc) is 2.84. The van der Waals surface area contributed by atoms with Crippen LogP contribution in [0.3, 0.4) is 0 Å². The number of para-hydroxylation sites is 1. The SMILES string of the molecule is CCC(C)Oc1ccc(NCC(=O)Nc2cccc(C(=O)N(CC)c3ccccc3)c2)cc1. The molecule has 1 atom stereocenters. The molecule has 0 aromatic heterocycles. The Bertz CT molecular complexity index is 1050. The van der Waals surface area contributed by atoms with Crippen LogP contribution in [0.5, 0.6) is 5.75 Å². The third-order valence-electron chi connectivity index (χ3n) is 5.24. The summed E-state index contributed by atoms with van der Waals surface area (Å²) in [7, 11) is 0. The van der Waals surface area contributed by atoms with Gasteiger partial charge in [0.1, 0.15) is 5.75 Å². The Morgan fingerprint density at radius 1 is 0.909 bits per heavy atom. The Labute approximate surface area is 195 Å². The van der Waals surface area contributed by atoms with E-state index >= 15 is 0 Å². The number of hydrogen-bond acceptors (Lipinski definition) is 4. The fraction of sp³-hybridized carbons (Fsp3) is 0.259. The number of anilines is 3. The first-order valence-corrected chi connectivity index (χ1v) is 11.3. The highest BCUT2D eigenvalue weighted by molar-refractivity contribution is 6.07. The van der Waals surface area contributed by atoms with Crippen LogP contribution < -0.4 is 20.3 Å². The number of nitrogens with one attached hydrogen (secondary N) is 2. The van der Waals surface area contributed by atoms with E-state index < -0.39 is 0 Å². The predicted molar refractivity (Wildman–Crippen MR) is 134 cm³/mol. The molecule has 33 heavy (non-hydrogen) atoms. The van der Waals surface area contributed by atoms with Gasteiger partial charge >= 0.3 is 0 Å². The summed E-state index contributed by atoms with van der Waals surface area (Å²) in [6.45, 7) is 6.69. The second-order valence-electron chi connectivity index (χ2n) is 7.73. The number of hydrogen-bond donors (Lipinski definition) is 2. The lowest BCUT2D eigenvalue weighted by Gasteiger charge is -2.21. The van der Waals surface area contributed by atoms with Gasteiger partial charge in [0.05, 0.1) is 12.6 Å². The third-order valence-corrected chi connectivity index (χ3v) is 5.24. The van der Waals surface area contributed by atoms with Crippen molar-refractivity contribution >= 4 is 28.9 Å². The highest BCUT2D eigenvalue weighted by Crippen LogP contribution is 2.20. The molecule has 2 N–H and O–H groups in total. The monoisotopic (exact) mass is 445 g/mol. The molecule has 6 heteroatoms. The van der Waals surface area contributed by atoms with Crippen LogP contribution in [0, 0.1) is 0 Å². The summed E-state index contributed by atoms with van der Waals surface area (Å²) in [5.41, 5.74) is 2.76. The molecule has 3 aromatic rings. The third kappa shape index (κ3) is 6.84. The largest absolute Gasteiger partial charge is 0.491 e. The first-order chi connectivity index (χ1) is 16.0. The van der Waals surface area contributed by atoms with Crippen molar-refractivity contribution in [3.63, 3.8) is 0 Å². The Morgan fingerprint density at radius 3 is 2.30 bits per heavy atom. The molecule has 172 valence electrons. The number of amides is 2. The Morgan fingerprint density at radius 2 is 1.64 bits per heavy atom. The summed E-state index contributed by atoms with van der Waals surface area (Å²) in [5.74, 6) is 0.491. The van der Waals surface area contributed by atoms with Gasteiger partial charge in [-0.15, -0.1) is 0 Å². The van der Waals surface area contributed by atoms with E-state index in [-0.39, 0.29) is 24.5 Å². The molecule has 6 nitrogen and oxygen atoms in total. The van der Waals surface area contributed by atoms with E-state index in [2.05, 4.69) is 17.6 Å². The van der Waals surface area contributed by atoms with Gasteiger partial charge in [-0.1, -0.05) is 31.2 Å². The van der Waals surface area contributed by atoms with Crippen molar-refractivity contribution in [3.05, 3.63) is 84.4 Å². The molecule has 0 saturated carbocycles. The molecule has 0 aliphatic carbocycles. The summed E-state index contributed by atoms with van der Waals surface area (Å²) >= 11 is 0. The molecule has 0 fully saturated rings. The number of carbonyl (C=O) groups excluding carboxylic acids is 2. The van der Waals surface area contributed by atoms with Crippen LogP contribution in [-0.2, 0) is 4.79 Å². The maximum atomic E-state index is 13.0. The summed E-state index contributed by atoms with van der Waals surface area (Å²) in [6, 6.07) is 24.1. The lowest BCUT2D eigenvalue weighted by molar-refractivity contribution is -0.114. The van der Waals surface area contributed by atoms with Gasteiger partial charge in [-0.05, 0) is 74.9 Å². The van der Waals surface area contributed by atoms with E-state index in [9.17, 15) is 9.59 Å². The molecule has 1 unspecified atom stereocenters. The second-order valence-corrected chi connectivity index (χ2v) is 7.73. The molecule has 0 saturated heterocycles. The smallest absolute Gasteiger partial charge is 0.258 e. The predicted octanol–water partition coefficient (Wildman–Crippen LogP) is 5.58. The molecule has 3 aromatic carbocycles. The standard InChI is InChI=1S/C27H31N3O3/c1-4-20(3)33-25-16-14-22(15-17-25)28-19-26(31)29-23-11-9-10-21(18-23)27(32)30(5-2)24-12-7-6-8-13-24/h6-18,20,28H,4-5,19H2,1-3H3,(H,29,31). The molecule has 0 aliphatic rings. The topological polar surface area (TPSA) is 70.7 Å². The van der Waals surface area contributed by atoms with E-state index in [1.807, 2.05) is 68.4 Å². The first-order valence-electron chi connectivity index (χ1n) is 11.3. The molecule has 0 aliphatic heterocycles. The Balaban J connectivity index is 1.57. The normalized spacial score (nSPS) is 11.4. The van der Waals surface area contributed by atoms with E-state index in [4.69, 9.17) is 4.74 Å². The zero-order chi connectivity index (χ0) is 23.6. The fourth-order valence-electron chi connectivity index (χ4n) is 3.29. The number of nitrogens with zero attached hydrogens (tertiary/aromatic N) is 1. The minimum Gasteiger partial charge on any atom is -0.491 e. The van der Waals surface area contributed by atoms with E-state index in [1.54, 1.807) is 29.2 Å². The van der Waals surface area contributed by atoms with Crippen LogP contribution in [0.2, 0.25) is 0 Å². The second kappa shape index (κ2) is 11.7. The fourth-order valence-corrected chi connectivity index (χ4v) is 3.29. The van der Waals surface area contributed by atoms with Crippen molar-refractivity contribution in [2.24, 2.45) is 0 Å². The molecule has 0 bridgehead atoms. The number of benzene rings is 3. The van der Waals surface area contributed by atoms with Gasteiger partial charge in [0.2, 0.25) is 5.91 Å². The van der Waals surface area contributed by atoms with Gasteiger partial charge < -0.3 is 20.3 Å². The van der Waals surface area contributed by atoms with Gasteiger partial charge in [0, 0.05) is 29.2 Å². The minimum atomic E-state index is -0.199. The summed E-state index contributed by atoms with van der Waals surface area (Å²) in [6.07, 6.45) is 1.10. The molecule has 3 rings (SSSR count). The van der Waals surface area contributed by atoms with Crippen molar-refractivity contribution in [1.29, 1.82) is 0 Å². The van der Waals surface area contributed by atoms with Gasteiger partial charge in [-0.3, -0.25) is 9.59 Å². The summed E-state index contributed by atoms with van der Waals surface area (Å²) in [5, 5.41) is 5.96. The molecular formula is C27H31N3O3. The molecule has 0 heterocycles. The minimum absolute atomic E-state index is 0.106. The van der Waals surface area contributed by atoms with Crippen molar-refractivity contribution in [2.75, 3.05) is 28.6 Å². The maximum absolute atomic E-state index is 13.0. The molecule has 0 radical (unpaired) electrons. The zero-order valence-corrected chi connectivity index (χ0v) is 19.4. The lowest BCUT2D eigenvalue weighted by atomic mass is 10.1. The van der Waals surface area contributed by atoms with Gasteiger partial charge in [-0.2, -0.15) is 0 Å². The lowest BCUT2D eigenvalue weighted by Crippen LogP contribution is -2.30. The van der Waals surface area contributed by atoms with E-state index in [0.717, 1.165) is 23.5 Å². The van der Waals surface area contributed by atoms with Crippen molar-refractivity contribution in [3.8, 4) is 5.75 Å². The van der Waals surface area contributed by atoms with Crippen LogP contribution in [0.25, 0.3) is 0 Å². The van der Waals surface area contributed by atoms with Crippen molar-refractivity contribution in [1.82, 2.24) is 0 Å². The Hall–Kier alpha value is -3.80. The van der Waals surface area contributed by atoms with Gasteiger partial charge in [-0.25, -0.2) is 0 Å². The summed E-state index contributed by atoms with van der Waals surface area (Å²) < 4.78 is 5.77. The number of ether oxygens (including phenoxy) is 1. The molecule has 2 amide bonds. The van der Waals surface area contributed by atoms with Crippen LogP contribution in [0.4, 0.5) is 17.1 Å². The number of carbonyl (C=O) groups is 2.